The van der Waals surface area contributed by atoms with E-state index in [0.29, 0.717) is 18.5 Å². The Morgan fingerprint density at radius 2 is 1.85 bits per heavy atom. The summed E-state index contributed by atoms with van der Waals surface area (Å²) in [6.45, 7) is 5.99. The lowest BCUT2D eigenvalue weighted by molar-refractivity contribution is 0.197. The summed E-state index contributed by atoms with van der Waals surface area (Å²) >= 11 is 0. The molecular formula is C18H35N5O2S. The van der Waals surface area contributed by atoms with Gasteiger partial charge in [0.1, 0.15) is 0 Å². The molecule has 0 aromatic heterocycles. The summed E-state index contributed by atoms with van der Waals surface area (Å²) in [6.07, 6.45) is 8.51. The number of piperidine rings is 1. The molecule has 3 rings (SSSR count). The molecular weight excluding hydrogens is 350 g/mol. The van der Waals surface area contributed by atoms with Gasteiger partial charge in [0, 0.05) is 38.3 Å². The molecule has 3 N–H and O–H groups in total. The summed E-state index contributed by atoms with van der Waals surface area (Å²) in [6, 6.07) is 1.27. The molecule has 1 heterocycles. The van der Waals surface area contributed by atoms with Crippen molar-refractivity contribution >= 4 is 16.0 Å². The number of aliphatic imine (C=N–C) groups is 1. The van der Waals surface area contributed by atoms with Crippen LogP contribution < -0.4 is 15.4 Å². The van der Waals surface area contributed by atoms with Crippen molar-refractivity contribution in [3.8, 4) is 0 Å². The van der Waals surface area contributed by atoms with Crippen molar-refractivity contribution < 1.29 is 8.42 Å². The Morgan fingerprint density at radius 1 is 1.12 bits per heavy atom. The molecule has 1 saturated heterocycles. The molecule has 0 unspecified atom stereocenters. The molecule has 3 aliphatic rings. The molecule has 1 aliphatic heterocycles. The van der Waals surface area contributed by atoms with Gasteiger partial charge in [0.05, 0.1) is 12.3 Å². The van der Waals surface area contributed by atoms with Crippen LogP contribution in [0.4, 0.5) is 0 Å². The minimum absolute atomic E-state index is 0.0520. The molecule has 2 aliphatic carbocycles. The first-order valence-corrected chi connectivity index (χ1v) is 12.0. The van der Waals surface area contributed by atoms with E-state index in [1.807, 2.05) is 6.92 Å². The van der Waals surface area contributed by atoms with Crippen LogP contribution in [0.1, 0.15) is 51.9 Å². The van der Waals surface area contributed by atoms with Gasteiger partial charge in [-0.05, 0) is 51.4 Å². The van der Waals surface area contributed by atoms with Gasteiger partial charge in [-0.1, -0.05) is 6.42 Å². The van der Waals surface area contributed by atoms with Crippen molar-refractivity contribution in [2.45, 2.75) is 64.0 Å². The third-order valence-electron chi connectivity index (χ3n) is 5.72. The first-order chi connectivity index (χ1) is 12.6. The molecule has 7 nitrogen and oxygen atoms in total. The van der Waals surface area contributed by atoms with Crippen LogP contribution in [-0.4, -0.2) is 69.8 Å². The maximum absolute atomic E-state index is 12.1. The van der Waals surface area contributed by atoms with Crippen LogP contribution in [0.5, 0.6) is 0 Å². The standard InChI is InChI=1S/C18H35N5O2S/c1-2-19-18(22-16-8-11-23(12-9-16)17-6-7-17)20-10-13-26(24,25)21-14-15-4-3-5-15/h15-17,21H,2-14H2,1H3,(H2,19,20,22). The van der Waals surface area contributed by atoms with Gasteiger partial charge in [-0.3, -0.25) is 4.99 Å². The molecule has 2 saturated carbocycles. The number of hydrogen-bond donors (Lipinski definition) is 3. The van der Waals surface area contributed by atoms with Gasteiger partial charge in [0.15, 0.2) is 5.96 Å². The Kier molecular flexibility index (Phi) is 7.17. The highest BCUT2D eigenvalue weighted by Crippen LogP contribution is 2.29. The van der Waals surface area contributed by atoms with E-state index >= 15 is 0 Å². The van der Waals surface area contributed by atoms with E-state index in [9.17, 15) is 8.42 Å². The Bertz CT molecular complexity index is 564. The maximum Gasteiger partial charge on any atom is 0.213 e. The van der Waals surface area contributed by atoms with Gasteiger partial charge in [-0.2, -0.15) is 0 Å². The van der Waals surface area contributed by atoms with E-state index in [1.54, 1.807) is 0 Å². The fraction of sp³-hybridized carbons (Fsp3) is 0.944. The van der Waals surface area contributed by atoms with Crippen molar-refractivity contribution in [2.24, 2.45) is 10.9 Å². The van der Waals surface area contributed by atoms with Crippen LogP contribution in [0.2, 0.25) is 0 Å². The normalized spacial score (nSPS) is 23.7. The van der Waals surface area contributed by atoms with E-state index in [2.05, 4.69) is 25.2 Å². The SMILES string of the molecule is CCNC(=NCCS(=O)(=O)NCC1CCC1)NC1CCN(C2CC2)CC1. The van der Waals surface area contributed by atoms with E-state index in [1.165, 1.54) is 19.3 Å². The van der Waals surface area contributed by atoms with Crippen LogP contribution in [-0.2, 0) is 10.0 Å². The molecule has 26 heavy (non-hydrogen) atoms. The number of nitrogens with one attached hydrogen (secondary N) is 3. The van der Waals surface area contributed by atoms with E-state index in [0.717, 1.165) is 57.3 Å². The predicted octanol–water partition coefficient (Wildman–Crippen LogP) is 0.888. The summed E-state index contributed by atoms with van der Waals surface area (Å²) in [7, 11) is -3.23. The largest absolute Gasteiger partial charge is 0.357 e. The summed E-state index contributed by atoms with van der Waals surface area (Å²) in [4.78, 5) is 7.08. The predicted molar refractivity (Wildman–Crippen MR) is 106 cm³/mol. The summed E-state index contributed by atoms with van der Waals surface area (Å²) in [5.74, 6) is 1.33. The monoisotopic (exact) mass is 385 g/mol. The number of rotatable bonds is 9. The molecule has 0 aromatic carbocycles. The summed E-state index contributed by atoms with van der Waals surface area (Å²) < 4.78 is 26.9. The van der Waals surface area contributed by atoms with Crippen LogP contribution in [0.3, 0.4) is 0 Å². The van der Waals surface area contributed by atoms with E-state index in [-0.39, 0.29) is 12.3 Å². The highest BCUT2D eigenvalue weighted by Gasteiger charge is 2.31. The van der Waals surface area contributed by atoms with Gasteiger partial charge < -0.3 is 15.5 Å². The first kappa shape index (κ1) is 19.9. The van der Waals surface area contributed by atoms with Crippen LogP contribution in [0.25, 0.3) is 0 Å². The first-order valence-electron chi connectivity index (χ1n) is 10.3. The zero-order valence-electron chi connectivity index (χ0n) is 16.0. The maximum atomic E-state index is 12.1. The number of hydrogen-bond acceptors (Lipinski definition) is 4. The number of likely N-dealkylation sites (tertiary alicyclic amines) is 1. The lowest BCUT2D eigenvalue weighted by Gasteiger charge is -2.33. The second-order valence-corrected chi connectivity index (χ2v) is 9.84. The quantitative estimate of drug-likeness (QED) is 0.405. The zero-order chi connectivity index (χ0) is 18.4. The molecule has 150 valence electrons. The fourth-order valence-corrected chi connectivity index (χ4v) is 4.62. The molecule has 8 heteroatoms. The van der Waals surface area contributed by atoms with E-state index < -0.39 is 10.0 Å². The van der Waals surface area contributed by atoms with Crippen molar-refractivity contribution in [3.63, 3.8) is 0 Å². The third-order valence-corrected chi connectivity index (χ3v) is 7.05. The second-order valence-electron chi connectivity index (χ2n) is 7.91. The molecule has 3 fully saturated rings. The van der Waals surface area contributed by atoms with Crippen molar-refractivity contribution in [2.75, 3.05) is 38.5 Å². The zero-order valence-corrected chi connectivity index (χ0v) is 16.9. The molecule has 0 bridgehead atoms. The third kappa shape index (κ3) is 6.39. The minimum Gasteiger partial charge on any atom is -0.357 e. The Morgan fingerprint density at radius 3 is 2.42 bits per heavy atom. The molecule has 0 amide bonds. The fourth-order valence-electron chi connectivity index (χ4n) is 3.65. The highest BCUT2D eigenvalue weighted by molar-refractivity contribution is 7.89. The molecule has 0 spiro atoms. The van der Waals surface area contributed by atoms with Crippen LogP contribution in [0.15, 0.2) is 4.99 Å². The Labute approximate surface area is 158 Å². The number of guanidine groups is 1. The van der Waals surface area contributed by atoms with Crippen LogP contribution >= 0.6 is 0 Å². The molecule has 0 atom stereocenters. The van der Waals surface area contributed by atoms with E-state index in [4.69, 9.17) is 0 Å². The topological polar surface area (TPSA) is 85.8 Å². The van der Waals surface area contributed by atoms with Gasteiger partial charge in [-0.25, -0.2) is 13.1 Å². The molecule has 0 aromatic rings. The van der Waals surface area contributed by atoms with Crippen molar-refractivity contribution in [1.29, 1.82) is 0 Å². The van der Waals surface area contributed by atoms with Gasteiger partial charge >= 0.3 is 0 Å². The lowest BCUT2D eigenvalue weighted by atomic mass is 9.86. The summed E-state index contributed by atoms with van der Waals surface area (Å²) in [5.41, 5.74) is 0. The minimum atomic E-state index is -3.23. The molecule has 0 radical (unpaired) electrons. The average molecular weight is 386 g/mol. The average Bonchev–Trinajstić information content (AvgIpc) is 3.39. The van der Waals surface area contributed by atoms with Crippen molar-refractivity contribution in [1.82, 2.24) is 20.3 Å². The van der Waals surface area contributed by atoms with Gasteiger partial charge in [0.25, 0.3) is 0 Å². The lowest BCUT2D eigenvalue weighted by Crippen LogP contribution is -2.49. The highest BCUT2D eigenvalue weighted by atomic mass is 32.2. The van der Waals surface area contributed by atoms with Gasteiger partial charge in [0.2, 0.25) is 10.0 Å². The summed E-state index contributed by atoms with van der Waals surface area (Å²) in [5, 5.41) is 6.73. The second kappa shape index (κ2) is 9.37. The van der Waals surface area contributed by atoms with Gasteiger partial charge in [-0.15, -0.1) is 0 Å². The Hall–Kier alpha value is -0.860. The Balaban J connectivity index is 1.39. The number of nitrogens with zero attached hydrogens (tertiary/aromatic N) is 2. The van der Waals surface area contributed by atoms with Crippen LogP contribution in [0, 0.1) is 5.92 Å². The van der Waals surface area contributed by atoms with Crippen molar-refractivity contribution in [3.05, 3.63) is 0 Å². The smallest absolute Gasteiger partial charge is 0.213 e. The number of sulfonamides is 1.